The Balaban J connectivity index is 1.12. The molecule has 2 bridgehead atoms. The highest BCUT2D eigenvalue weighted by Gasteiger charge is 2.54. The summed E-state index contributed by atoms with van der Waals surface area (Å²) in [7, 11) is 0. The molecule has 1 aromatic carbocycles. The van der Waals surface area contributed by atoms with E-state index >= 15 is 0 Å². The molecule has 6 atom stereocenters. The van der Waals surface area contributed by atoms with Crippen LogP contribution in [0.4, 0.5) is 0 Å². The summed E-state index contributed by atoms with van der Waals surface area (Å²) in [5.41, 5.74) is 1.70. The summed E-state index contributed by atoms with van der Waals surface area (Å²) in [5.74, 6) is 3.50. The number of amides is 2. The van der Waals surface area contributed by atoms with Gasteiger partial charge in [-0.3, -0.25) is 9.59 Å². The van der Waals surface area contributed by atoms with Gasteiger partial charge >= 0.3 is 0 Å². The molecule has 4 fully saturated rings. The van der Waals surface area contributed by atoms with Crippen molar-refractivity contribution in [3.63, 3.8) is 0 Å². The number of piperidine rings is 1. The first-order valence-corrected chi connectivity index (χ1v) is 11.8. The standard InChI is InChI=1S/C25H31N3O2/c29-24(27-23-12-16-11-20(23)18-8-3-7-17(16)18)15-5-4-10-28(14-15)25(30)21-13-26-22-9-2-1-6-19(21)22/h1-2,6,9,13,15-18,20,23,26H,3-5,7-8,10-12,14H2,(H,27,29)/t15-,16+,17+,18+,20-,23+/m0/s1. The van der Waals surface area contributed by atoms with Crippen molar-refractivity contribution in [2.45, 2.75) is 51.0 Å². The van der Waals surface area contributed by atoms with E-state index in [9.17, 15) is 9.59 Å². The smallest absolute Gasteiger partial charge is 0.256 e. The summed E-state index contributed by atoms with van der Waals surface area (Å²) < 4.78 is 0. The van der Waals surface area contributed by atoms with Crippen molar-refractivity contribution in [2.75, 3.05) is 13.1 Å². The summed E-state index contributed by atoms with van der Waals surface area (Å²) in [6.45, 7) is 1.27. The number of aromatic amines is 1. The minimum Gasteiger partial charge on any atom is -0.360 e. The minimum absolute atomic E-state index is 0.0404. The predicted molar refractivity (Wildman–Crippen MR) is 116 cm³/mol. The Morgan fingerprint density at radius 3 is 2.80 bits per heavy atom. The van der Waals surface area contributed by atoms with Crippen LogP contribution in [-0.4, -0.2) is 40.8 Å². The second-order valence-corrected chi connectivity index (χ2v) is 10.1. The number of aromatic nitrogens is 1. The van der Waals surface area contributed by atoms with Crippen LogP contribution in [0, 0.1) is 29.6 Å². The van der Waals surface area contributed by atoms with E-state index < -0.39 is 0 Å². The Bertz CT molecular complexity index is 982. The quantitative estimate of drug-likeness (QED) is 0.812. The molecule has 5 heteroatoms. The van der Waals surface area contributed by atoms with E-state index in [1.807, 2.05) is 35.4 Å². The Labute approximate surface area is 177 Å². The molecular weight excluding hydrogens is 374 g/mol. The first-order valence-electron chi connectivity index (χ1n) is 11.8. The highest BCUT2D eigenvalue weighted by Crippen LogP contribution is 2.58. The van der Waals surface area contributed by atoms with Gasteiger partial charge in [0.25, 0.3) is 5.91 Å². The fraction of sp³-hybridized carbons (Fsp3) is 0.600. The van der Waals surface area contributed by atoms with Gasteiger partial charge in [-0.2, -0.15) is 0 Å². The van der Waals surface area contributed by atoms with Crippen LogP contribution in [0.15, 0.2) is 30.5 Å². The number of nitrogens with one attached hydrogen (secondary N) is 2. The summed E-state index contributed by atoms with van der Waals surface area (Å²) >= 11 is 0. The third kappa shape index (κ3) is 2.89. The van der Waals surface area contributed by atoms with E-state index in [0.717, 1.165) is 48.0 Å². The molecule has 158 valence electrons. The van der Waals surface area contributed by atoms with Gasteiger partial charge in [-0.1, -0.05) is 24.6 Å². The summed E-state index contributed by atoms with van der Waals surface area (Å²) in [4.78, 5) is 31.4. The molecule has 1 aliphatic heterocycles. The van der Waals surface area contributed by atoms with E-state index in [4.69, 9.17) is 0 Å². The van der Waals surface area contributed by atoms with E-state index in [1.54, 1.807) is 0 Å². The lowest BCUT2D eigenvalue weighted by Gasteiger charge is -2.35. The molecule has 2 aromatic rings. The predicted octanol–water partition coefficient (Wildman–Crippen LogP) is 3.96. The topological polar surface area (TPSA) is 65.2 Å². The van der Waals surface area contributed by atoms with Gasteiger partial charge in [-0.25, -0.2) is 0 Å². The van der Waals surface area contributed by atoms with Crippen molar-refractivity contribution < 1.29 is 9.59 Å². The van der Waals surface area contributed by atoms with E-state index in [-0.39, 0.29) is 17.7 Å². The summed E-state index contributed by atoms with van der Waals surface area (Å²) in [6.07, 6.45) is 10.3. The SMILES string of the molecule is O=C(N[C@@H]1C[C@H]2C[C@H]1[C@@H]1CCC[C@H]21)[C@H]1CCCN(C(=O)c2c[nH]c3ccccc23)C1. The number of para-hydroxylation sites is 1. The van der Waals surface area contributed by atoms with Crippen LogP contribution >= 0.6 is 0 Å². The zero-order chi connectivity index (χ0) is 20.2. The van der Waals surface area contributed by atoms with Crippen molar-refractivity contribution in [3.8, 4) is 0 Å². The van der Waals surface area contributed by atoms with Crippen LogP contribution in [0.1, 0.15) is 55.3 Å². The molecule has 2 heterocycles. The van der Waals surface area contributed by atoms with Crippen LogP contribution in [0.2, 0.25) is 0 Å². The van der Waals surface area contributed by atoms with Crippen molar-refractivity contribution in [1.29, 1.82) is 0 Å². The number of likely N-dealkylation sites (tertiary alicyclic amines) is 1. The molecule has 30 heavy (non-hydrogen) atoms. The highest BCUT2D eigenvalue weighted by molar-refractivity contribution is 6.06. The molecule has 0 unspecified atom stereocenters. The Hall–Kier alpha value is -2.30. The van der Waals surface area contributed by atoms with Crippen molar-refractivity contribution in [1.82, 2.24) is 15.2 Å². The normalized spacial score (nSPS) is 35.0. The highest BCUT2D eigenvalue weighted by atomic mass is 16.2. The number of carbonyl (C=O) groups is 2. The zero-order valence-electron chi connectivity index (χ0n) is 17.5. The van der Waals surface area contributed by atoms with E-state index in [1.165, 1.54) is 32.1 Å². The molecule has 4 aliphatic rings. The molecule has 0 spiro atoms. The van der Waals surface area contributed by atoms with Crippen LogP contribution in [-0.2, 0) is 4.79 Å². The number of carbonyl (C=O) groups excluding carboxylic acids is 2. The first-order chi connectivity index (χ1) is 14.7. The molecule has 1 aromatic heterocycles. The van der Waals surface area contributed by atoms with Crippen molar-refractivity contribution >= 4 is 22.7 Å². The molecule has 3 saturated carbocycles. The number of benzene rings is 1. The van der Waals surface area contributed by atoms with Crippen molar-refractivity contribution in [3.05, 3.63) is 36.0 Å². The lowest BCUT2D eigenvalue weighted by molar-refractivity contribution is -0.127. The molecule has 3 aliphatic carbocycles. The van der Waals surface area contributed by atoms with Crippen LogP contribution < -0.4 is 5.32 Å². The number of fused-ring (bicyclic) bond motifs is 6. The van der Waals surface area contributed by atoms with Gasteiger partial charge in [0, 0.05) is 36.2 Å². The Kier molecular flexibility index (Phi) is 4.39. The fourth-order valence-corrected chi connectivity index (χ4v) is 7.33. The molecule has 5 nitrogen and oxygen atoms in total. The van der Waals surface area contributed by atoms with Gasteiger partial charge in [-0.15, -0.1) is 0 Å². The van der Waals surface area contributed by atoms with Gasteiger partial charge < -0.3 is 15.2 Å². The lowest BCUT2D eigenvalue weighted by Crippen LogP contribution is -2.49. The first kappa shape index (κ1) is 18.5. The molecule has 2 amide bonds. The Morgan fingerprint density at radius 1 is 1.00 bits per heavy atom. The maximum absolute atomic E-state index is 13.2. The third-order valence-electron chi connectivity index (χ3n) is 8.66. The molecule has 2 N–H and O–H groups in total. The molecule has 1 saturated heterocycles. The number of nitrogens with zero attached hydrogens (tertiary/aromatic N) is 1. The molecule has 0 radical (unpaired) electrons. The minimum atomic E-state index is -0.0774. The fourth-order valence-electron chi connectivity index (χ4n) is 7.33. The van der Waals surface area contributed by atoms with Gasteiger partial charge in [-0.05, 0) is 68.3 Å². The third-order valence-corrected chi connectivity index (χ3v) is 8.66. The average molecular weight is 406 g/mol. The van der Waals surface area contributed by atoms with Crippen LogP contribution in [0.5, 0.6) is 0 Å². The zero-order valence-corrected chi connectivity index (χ0v) is 17.5. The van der Waals surface area contributed by atoms with Gasteiger partial charge in [0.15, 0.2) is 0 Å². The maximum atomic E-state index is 13.2. The van der Waals surface area contributed by atoms with Gasteiger partial charge in [0.2, 0.25) is 5.91 Å². The van der Waals surface area contributed by atoms with Crippen molar-refractivity contribution in [2.24, 2.45) is 29.6 Å². The average Bonchev–Trinajstić information content (AvgIpc) is 3.54. The second-order valence-electron chi connectivity index (χ2n) is 10.1. The van der Waals surface area contributed by atoms with Gasteiger partial charge in [0.1, 0.15) is 0 Å². The largest absolute Gasteiger partial charge is 0.360 e. The number of rotatable bonds is 3. The maximum Gasteiger partial charge on any atom is 0.256 e. The van der Waals surface area contributed by atoms with Gasteiger partial charge in [0.05, 0.1) is 11.5 Å². The van der Waals surface area contributed by atoms with E-state index in [0.29, 0.717) is 24.1 Å². The number of hydrogen-bond acceptors (Lipinski definition) is 2. The summed E-state index contributed by atoms with van der Waals surface area (Å²) in [6, 6.07) is 8.28. The second kappa shape index (κ2) is 7.14. The Morgan fingerprint density at radius 2 is 1.87 bits per heavy atom. The molecular formula is C25H31N3O2. The molecule has 6 rings (SSSR count). The van der Waals surface area contributed by atoms with E-state index in [2.05, 4.69) is 10.3 Å². The van der Waals surface area contributed by atoms with Crippen LogP contribution in [0.25, 0.3) is 10.9 Å². The number of hydrogen-bond donors (Lipinski definition) is 2. The summed E-state index contributed by atoms with van der Waals surface area (Å²) in [5, 5.41) is 4.39. The van der Waals surface area contributed by atoms with Crippen LogP contribution in [0.3, 0.4) is 0 Å². The monoisotopic (exact) mass is 405 g/mol. The lowest BCUT2D eigenvalue weighted by atomic mass is 9.79. The number of H-pyrrole nitrogens is 1.